The van der Waals surface area contributed by atoms with Gasteiger partial charge in [-0.05, 0) is 31.0 Å². The van der Waals surface area contributed by atoms with Gasteiger partial charge in [0.2, 0.25) is 5.88 Å². The fraction of sp³-hybridized carbons (Fsp3) is 0.464. The Balaban J connectivity index is 1.88. The molecule has 0 saturated carbocycles. The average Bonchev–Trinajstić information content (AvgIpc) is 2.87. The molecular weight excluding hydrogens is 475 g/mol. The first-order valence-corrected chi connectivity index (χ1v) is 12.4. The summed E-state index contributed by atoms with van der Waals surface area (Å²) in [5, 5.41) is 12.4. The van der Waals surface area contributed by atoms with E-state index in [4.69, 9.17) is 4.74 Å². The Labute approximate surface area is 217 Å². The topological polar surface area (TPSA) is 95.0 Å². The Hall–Kier alpha value is -3.64. The van der Waals surface area contributed by atoms with E-state index in [1.807, 2.05) is 6.92 Å². The van der Waals surface area contributed by atoms with Crippen LogP contribution >= 0.6 is 0 Å². The van der Waals surface area contributed by atoms with Crippen LogP contribution in [0.4, 0.5) is 14.9 Å². The number of rotatable bonds is 6. The molecule has 0 aliphatic carbocycles. The number of para-hydroxylation sites is 1. The molecule has 3 amide bonds. The number of carbonyl (C=O) groups excluding carboxylic acids is 2. The number of likely N-dealkylation sites (N-methyl/N-ethyl adjacent to an activating group) is 1. The number of nitrogens with zero attached hydrogens (tertiary/aromatic N) is 3. The summed E-state index contributed by atoms with van der Waals surface area (Å²) >= 11 is 0. The molecule has 8 nitrogen and oxygen atoms in total. The second-order valence-electron chi connectivity index (χ2n) is 9.89. The number of hydrogen-bond donors (Lipinski definition) is 2. The van der Waals surface area contributed by atoms with E-state index in [1.165, 1.54) is 17.0 Å². The fourth-order valence-corrected chi connectivity index (χ4v) is 3.87. The van der Waals surface area contributed by atoms with Crippen LogP contribution in [0, 0.1) is 29.5 Å². The molecule has 2 N–H and O–H groups in total. The second-order valence-corrected chi connectivity index (χ2v) is 9.89. The van der Waals surface area contributed by atoms with E-state index in [-0.39, 0.29) is 42.1 Å². The van der Waals surface area contributed by atoms with Crippen LogP contribution in [0.15, 0.2) is 36.5 Å². The lowest BCUT2D eigenvalue weighted by atomic mass is 10.00. The molecule has 1 aliphatic heterocycles. The van der Waals surface area contributed by atoms with Crippen LogP contribution in [-0.2, 0) is 0 Å². The van der Waals surface area contributed by atoms with Crippen molar-refractivity contribution in [1.29, 1.82) is 0 Å². The fourth-order valence-electron chi connectivity index (χ4n) is 3.87. The largest absolute Gasteiger partial charge is 0.472 e. The van der Waals surface area contributed by atoms with Crippen LogP contribution in [0.25, 0.3) is 0 Å². The van der Waals surface area contributed by atoms with Gasteiger partial charge in [0.05, 0.1) is 24.9 Å². The van der Waals surface area contributed by atoms with Gasteiger partial charge in [-0.15, -0.1) is 0 Å². The third-order valence-corrected chi connectivity index (χ3v) is 6.18. The highest BCUT2D eigenvalue weighted by Gasteiger charge is 2.34. The molecule has 3 atom stereocenters. The van der Waals surface area contributed by atoms with Gasteiger partial charge in [-0.1, -0.05) is 44.7 Å². The van der Waals surface area contributed by atoms with Crippen molar-refractivity contribution < 1.29 is 23.8 Å². The number of amides is 3. The predicted octanol–water partition coefficient (Wildman–Crippen LogP) is 4.00. The molecule has 0 fully saturated rings. The highest BCUT2D eigenvalue weighted by Crippen LogP contribution is 2.27. The zero-order valence-corrected chi connectivity index (χ0v) is 22.0. The molecule has 1 aromatic heterocycles. The highest BCUT2D eigenvalue weighted by atomic mass is 19.1. The number of pyridine rings is 1. The Bertz CT molecular complexity index is 1180. The maximum absolute atomic E-state index is 14.0. The minimum Gasteiger partial charge on any atom is -0.472 e. The molecular formula is C28H35FN4O4. The summed E-state index contributed by atoms with van der Waals surface area (Å²) in [5.41, 5.74) is 0.934. The summed E-state index contributed by atoms with van der Waals surface area (Å²) in [6.45, 7) is 8.10. The van der Waals surface area contributed by atoms with Crippen molar-refractivity contribution in [3.63, 3.8) is 0 Å². The van der Waals surface area contributed by atoms with Gasteiger partial charge in [0.1, 0.15) is 17.5 Å². The lowest BCUT2D eigenvalue weighted by Gasteiger charge is -2.37. The standard InChI is InChI=1S/C28H35FN4O4/c1-18(2)9-8-10-21-13-22-26(30-14-21)37-25(19(3)15-33(27(22)35)20(4)17-34)16-32(5)28(36)31-24-12-7-6-11-23(24)29/h6-7,11-14,18-20,25,34H,9,15-17H2,1-5H3,(H,31,36)/t19-,20+,25+/m1/s1. The molecule has 2 aromatic rings. The third-order valence-electron chi connectivity index (χ3n) is 6.18. The number of nitrogens with one attached hydrogen (secondary N) is 1. The monoisotopic (exact) mass is 510 g/mol. The van der Waals surface area contributed by atoms with E-state index >= 15 is 0 Å². The van der Waals surface area contributed by atoms with Gasteiger partial charge in [-0.25, -0.2) is 14.2 Å². The van der Waals surface area contributed by atoms with Crippen molar-refractivity contribution in [2.24, 2.45) is 11.8 Å². The summed E-state index contributed by atoms with van der Waals surface area (Å²) < 4.78 is 20.2. The lowest BCUT2D eigenvalue weighted by molar-refractivity contribution is 0.0356. The number of halogens is 1. The minimum atomic E-state index is -0.530. The van der Waals surface area contributed by atoms with E-state index in [2.05, 4.69) is 36.0 Å². The van der Waals surface area contributed by atoms with Gasteiger partial charge < -0.3 is 25.0 Å². The van der Waals surface area contributed by atoms with Crippen molar-refractivity contribution in [1.82, 2.24) is 14.8 Å². The van der Waals surface area contributed by atoms with E-state index in [0.29, 0.717) is 18.0 Å². The zero-order chi connectivity index (χ0) is 27.1. The van der Waals surface area contributed by atoms with E-state index in [0.717, 1.165) is 6.42 Å². The lowest BCUT2D eigenvalue weighted by Crippen LogP contribution is -2.50. The van der Waals surface area contributed by atoms with Crippen molar-refractivity contribution in [3.05, 3.63) is 53.5 Å². The maximum Gasteiger partial charge on any atom is 0.321 e. The van der Waals surface area contributed by atoms with Crippen molar-refractivity contribution in [3.8, 4) is 17.7 Å². The van der Waals surface area contributed by atoms with Crippen LogP contribution in [0.3, 0.4) is 0 Å². The summed E-state index contributed by atoms with van der Waals surface area (Å²) in [5.74, 6) is 5.69. The van der Waals surface area contributed by atoms with Gasteiger partial charge in [0.15, 0.2) is 0 Å². The molecule has 2 heterocycles. The summed E-state index contributed by atoms with van der Waals surface area (Å²) in [7, 11) is 1.59. The SMILES string of the molecule is CC(C)CC#Cc1cnc2c(c1)C(=O)N([C@@H](C)CO)C[C@@H](C)[C@H](CN(C)C(=O)Nc1ccccc1F)O2. The molecule has 0 bridgehead atoms. The molecule has 0 spiro atoms. The number of anilines is 1. The molecule has 198 valence electrons. The number of aromatic nitrogens is 1. The number of aliphatic hydroxyl groups excluding tert-OH is 1. The van der Waals surface area contributed by atoms with Gasteiger partial charge in [-0.2, -0.15) is 0 Å². The molecule has 0 saturated heterocycles. The summed E-state index contributed by atoms with van der Waals surface area (Å²) in [6, 6.07) is 6.67. The summed E-state index contributed by atoms with van der Waals surface area (Å²) in [4.78, 5) is 33.7. The quantitative estimate of drug-likeness (QED) is 0.573. The van der Waals surface area contributed by atoms with E-state index in [1.54, 1.807) is 43.3 Å². The summed E-state index contributed by atoms with van der Waals surface area (Å²) in [6.07, 6.45) is 1.76. The number of aliphatic hydroxyl groups is 1. The smallest absolute Gasteiger partial charge is 0.321 e. The molecule has 3 rings (SSSR count). The minimum absolute atomic E-state index is 0.0812. The number of hydrogen-bond acceptors (Lipinski definition) is 5. The Morgan fingerprint density at radius 2 is 2.08 bits per heavy atom. The van der Waals surface area contributed by atoms with Crippen LogP contribution < -0.4 is 10.1 Å². The van der Waals surface area contributed by atoms with Gasteiger partial charge in [0.25, 0.3) is 5.91 Å². The zero-order valence-electron chi connectivity index (χ0n) is 22.0. The van der Waals surface area contributed by atoms with Gasteiger partial charge in [-0.3, -0.25) is 4.79 Å². The first kappa shape index (κ1) is 27.9. The third kappa shape index (κ3) is 7.20. The van der Waals surface area contributed by atoms with Crippen LogP contribution in [0.5, 0.6) is 5.88 Å². The molecule has 0 radical (unpaired) electrons. The van der Waals surface area contributed by atoms with Crippen molar-refractivity contribution >= 4 is 17.6 Å². The first-order valence-electron chi connectivity index (χ1n) is 12.4. The van der Waals surface area contributed by atoms with E-state index < -0.39 is 24.0 Å². The van der Waals surface area contributed by atoms with Crippen molar-refractivity contribution in [2.45, 2.75) is 46.3 Å². The van der Waals surface area contributed by atoms with Gasteiger partial charge >= 0.3 is 6.03 Å². The normalized spacial score (nSPS) is 18.1. The maximum atomic E-state index is 14.0. The molecule has 9 heteroatoms. The second kappa shape index (κ2) is 12.5. The number of fused-ring (bicyclic) bond motifs is 1. The van der Waals surface area contributed by atoms with E-state index in [9.17, 15) is 19.1 Å². The number of urea groups is 1. The molecule has 1 aromatic carbocycles. The molecule has 37 heavy (non-hydrogen) atoms. The van der Waals surface area contributed by atoms with Crippen LogP contribution in [-0.4, -0.2) is 70.7 Å². The van der Waals surface area contributed by atoms with Crippen LogP contribution in [0.1, 0.15) is 50.0 Å². The number of benzene rings is 1. The Kier molecular flexibility index (Phi) is 9.48. The molecule has 1 aliphatic rings. The average molecular weight is 511 g/mol. The predicted molar refractivity (Wildman–Crippen MR) is 140 cm³/mol. The number of carbonyl (C=O) groups is 2. The number of ether oxygens (including phenoxy) is 1. The van der Waals surface area contributed by atoms with Crippen molar-refractivity contribution in [2.75, 3.05) is 32.1 Å². The van der Waals surface area contributed by atoms with Crippen LogP contribution in [0.2, 0.25) is 0 Å². The van der Waals surface area contributed by atoms with Gasteiger partial charge in [0, 0.05) is 37.7 Å². The highest BCUT2D eigenvalue weighted by molar-refractivity contribution is 5.97. The molecule has 0 unspecified atom stereocenters. The Morgan fingerprint density at radius 3 is 2.76 bits per heavy atom. The Morgan fingerprint density at radius 1 is 1.35 bits per heavy atom. The first-order chi connectivity index (χ1) is 17.6.